The van der Waals surface area contributed by atoms with Gasteiger partial charge in [-0.05, 0) is 0 Å². The van der Waals surface area contributed by atoms with Crippen LogP contribution in [0, 0.1) is 6.33 Å². The summed E-state index contributed by atoms with van der Waals surface area (Å²) in [6.45, 7) is 0. The van der Waals surface area contributed by atoms with Gasteiger partial charge in [-0.3, -0.25) is 0 Å². The van der Waals surface area contributed by atoms with Crippen molar-refractivity contribution in [1.29, 1.82) is 0 Å². The summed E-state index contributed by atoms with van der Waals surface area (Å²) in [5, 5.41) is 0.547. The zero-order valence-electron chi connectivity index (χ0n) is 6.37. The van der Waals surface area contributed by atoms with Crippen molar-refractivity contribution in [2.45, 2.75) is 0 Å². The van der Waals surface area contributed by atoms with E-state index in [0.29, 0.717) is 10.9 Å². The van der Waals surface area contributed by atoms with E-state index in [-0.39, 0.29) is 46.4 Å². The van der Waals surface area contributed by atoms with Gasteiger partial charge < -0.3 is 14.8 Å². The predicted octanol–water partition coefficient (Wildman–Crippen LogP) is 0.347. The van der Waals surface area contributed by atoms with E-state index in [1.165, 1.54) is 0 Å². The number of nitrogens with zero attached hydrogens (tertiary/aromatic N) is 2. The van der Waals surface area contributed by atoms with Gasteiger partial charge in [0.15, 0.2) is 0 Å². The van der Waals surface area contributed by atoms with Crippen molar-refractivity contribution in [2.75, 3.05) is 0 Å². The van der Waals surface area contributed by atoms with E-state index in [9.17, 15) is 4.79 Å². The predicted molar refractivity (Wildman–Crippen MR) is 40.2 cm³/mol. The third kappa shape index (κ3) is 2.56. The van der Waals surface area contributed by atoms with Crippen LogP contribution >= 0.6 is 0 Å². The van der Waals surface area contributed by atoms with Crippen LogP contribution in [-0.4, -0.2) is 4.98 Å². The first-order chi connectivity index (χ1) is 5.38. The molecule has 2 aromatic rings. The molecule has 0 fully saturated rings. The summed E-state index contributed by atoms with van der Waals surface area (Å²) in [5.41, 5.74) is 0.378. The van der Waals surface area contributed by atoms with Crippen LogP contribution in [0.5, 0.6) is 0 Å². The molecule has 0 aliphatic carbocycles. The second kappa shape index (κ2) is 5.42. The molecule has 68 valence electrons. The van der Waals surface area contributed by atoms with Crippen molar-refractivity contribution in [1.82, 2.24) is 9.97 Å². The fourth-order valence-electron chi connectivity index (χ4n) is 0.936. The largest absolute Gasteiger partial charge is 0.571 e. The smallest absolute Gasteiger partial charge is 0.0578 e. The quantitative estimate of drug-likeness (QED) is 0.475. The SMILES string of the molecule is O=c1[n-][c-]nc2ccccc12.[Re].[Re]. The van der Waals surface area contributed by atoms with Crippen molar-refractivity contribution in [3.05, 3.63) is 40.9 Å². The van der Waals surface area contributed by atoms with Gasteiger partial charge in [-0.2, -0.15) is 0 Å². The van der Waals surface area contributed by atoms with Crippen molar-refractivity contribution >= 4 is 10.9 Å². The van der Waals surface area contributed by atoms with Gasteiger partial charge in [-0.1, -0.05) is 23.6 Å². The molecule has 5 heteroatoms. The Morgan fingerprint density at radius 1 is 1.23 bits per heavy atom. The zero-order chi connectivity index (χ0) is 7.68. The Balaban J connectivity index is 0.000000720. The van der Waals surface area contributed by atoms with Crippen molar-refractivity contribution in [3.8, 4) is 0 Å². The van der Waals surface area contributed by atoms with Crippen molar-refractivity contribution in [2.24, 2.45) is 0 Å². The van der Waals surface area contributed by atoms with Crippen LogP contribution in [0.15, 0.2) is 29.1 Å². The summed E-state index contributed by atoms with van der Waals surface area (Å²) in [6, 6.07) is 7.07. The van der Waals surface area contributed by atoms with E-state index in [1.807, 2.05) is 6.07 Å². The Hall–Kier alpha value is -0.315. The Morgan fingerprint density at radius 3 is 2.62 bits per heavy atom. The molecule has 0 saturated heterocycles. The van der Waals surface area contributed by atoms with E-state index >= 15 is 0 Å². The molecular weight excluding hydrogens is 513 g/mol. The second-order valence-electron chi connectivity index (χ2n) is 2.15. The van der Waals surface area contributed by atoms with E-state index < -0.39 is 0 Å². The minimum atomic E-state index is -0.268. The first kappa shape index (κ1) is 12.7. The van der Waals surface area contributed by atoms with Crippen LogP contribution in [0.25, 0.3) is 10.9 Å². The maximum absolute atomic E-state index is 11.0. The molecule has 0 saturated carbocycles. The summed E-state index contributed by atoms with van der Waals surface area (Å²) >= 11 is 0. The molecule has 0 bridgehead atoms. The van der Waals surface area contributed by atoms with Crippen LogP contribution in [0.1, 0.15) is 0 Å². The van der Waals surface area contributed by atoms with Gasteiger partial charge >= 0.3 is 0 Å². The summed E-state index contributed by atoms with van der Waals surface area (Å²) < 4.78 is 0. The maximum atomic E-state index is 11.0. The van der Waals surface area contributed by atoms with Gasteiger partial charge in [-0.15, -0.1) is 11.6 Å². The minimum Gasteiger partial charge on any atom is -0.571 e. The van der Waals surface area contributed by atoms with Gasteiger partial charge in [0.05, 0.1) is 5.56 Å². The molecule has 0 spiro atoms. The number of aromatic nitrogens is 2. The van der Waals surface area contributed by atoms with Crippen LogP contribution in [0.3, 0.4) is 0 Å². The molecule has 2 radical (unpaired) electrons. The summed E-state index contributed by atoms with van der Waals surface area (Å²) in [5.74, 6) is 0. The van der Waals surface area contributed by atoms with Gasteiger partial charge in [0.2, 0.25) is 0 Å². The molecule has 3 nitrogen and oxygen atoms in total. The van der Waals surface area contributed by atoms with Crippen LogP contribution in [-0.2, 0) is 40.8 Å². The molecule has 1 aromatic heterocycles. The average molecular weight is 517 g/mol. The number of hydrogen-bond acceptors (Lipinski definition) is 2. The second-order valence-corrected chi connectivity index (χ2v) is 2.15. The van der Waals surface area contributed by atoms with Crippen molar-refractivity contribution in [3.63, 3.8) is 0 Å². The third-order valence-corrected chi connectivity index (χ3v) is 1.46. The molecular formula is C8H4N2ORe2-2. The molecule has 1 aromatic carbocycles. The molecule has 0 N–H and O–H groups in total. The fraction of sp³-hybridized carbons (Fsp3) is 0. The molecule has 0 atom stereocenters. The fourth-order valence-corrected chi connectivity index (χ4v) is 0.936. The Bertz CT molecular complexity index is 436. The minimum absolute atomic E-state index is 0. The van der Waals surface area contributed by atoms with E-state index in [4.69, 9.17) is 0 Å². The van der Waals surface area contributed by atoms with E-state index in [2.05, 4.69) is 16.3 Å². The molecule has 0 unspecified atom stereocenters. The Labute approximate surface area is 102 Å². The third-order valence-electron chi connectivity index (χ3n) is 1.46. The topological polar surface area (TPSA) is 44.1 Å². The van der Waals surface area contributed by atoms with Gasteiger partial charge in [0, 0.05) is 40.8 Å². The molecule has 13 heavy (non-hydrogen) atoms. The molecule has 0 amide bonds. The monoisotopic (exact) mass is 518 g/mol. The standard InChI is InChI=1S/C8H4N2O.2Re/c11-8-6-3-1-2-4-7(6)9-5-10-8;;/h1-4H;;/q-2;;. The first-order valence-corrected chi connectivity index (χ1v) is 3.18. The number of hydrogen-bond donors (Lipinski definition) is 0. The van der Waals surface area contributed by atoms with Crippen LogP contribution in [0.2, 0.25) is 0 Å². The Kier molecular flexibility index (Phi) is 5.29. The van der Waals surface area contributed by atoms with Gasteiger partial charge in [0.1, 0.15) is 0 Å². The molecule has 0 aliphatic heterocycles. The number of fused-ring (bicyclic) bond motifs is 1. The van der Waals surface area contributed by atoms with E-state index in [0.717, 1.165) is 0 Å². The zero-order valence-corrected chi connectivity index (χ0v) is 11.8. The summed E-state index contributed by atoms with van der Waals surface area (Å²) in [7, 11) is 0. The average Bonchev–Trinajstić information content (AvgIpc) is 2.06. The van der Waals surface area contributed by atoms with Gasteiger partial charge in [-0.25, -0.2) is 6.33 Å². The van der Waals surface area contributed by atoms with Crippen LogP contribution < -0.4 is 10.5 Å². The van der Waals surface area contributed by atoms with Crippen molar-refractivity contribution < 1.29 is 40.8 Å². The molecule has 0 aliphatic rings. The molecule has 1 heterocycles. The maximum Gasteiger partial charge on any atom is 0.0578 e. The van der Waals surface area contributed by atoms with E-state index in [1.54, 1.807) is 18.2 Å². The molecule has 2 rings (SSSR count). The summed E-state index contributed by atoms with van der Waals surface area (Å²) in [4.78, 5) is 18.2. The normalized spacial score (nSPS) is 8.62. The first-order valence-electron chi connectivity index (χ1n) is 3.18. The number of rotatable bonds is 0. The van der Waals surface area contributed by atoms with Crippen LogP contribution in [0.4, 0.5) is 0 Å². The number of para-hydroxylation sites is 1. The Morgan fingerprint density at radius 2 is 1.92 bits per heavy atom. The summed E-state index contributed by atoms with van der Waals surface area (Å²) in [6.07, 6.45) is 2.29. The number of benzene rings is 1. The van der Waals surface area contributed by atoms with Gasteiger partial charge in [0.25, 0.3) is 0 Å².